The molecule has 6 nitrogen and oxygen atoms in total. The second-order valence-electron chi connectivity index (χ2n) is 6.99. The van der Waals surface area contributed by atoms with E-state index in [-0.39, 0.29) is 17.4 Å². The van der Waals surface area contributed by atoms with Gasteiger partial charge < -0.3 is 10.3 Å². The molecule has 0 radical (unpaired) electrons. The Bertz CT molecular complexity index is 795. The molecular formula is C17H22N4O2. The predicted octanol–water partition coefficient (Wildman–Crippen LogP) is 2.11. The van der Waals surface area contributed by atoms with Crippen LogP contribution in [0, 0.1) is 12.8 Å². The van der Waals surface area contributed by atoms with Crippen molar-refractivity contribution in [2.24, 2.45) is 5.92 Å². The number of H-pyrrole nitrogens is 2. The van der Waals surface area contributed by atoms with Crippen molar-refractivity contribution >= 4 is 16.9 Å². The number of rotatable bonds is 3. The van der Waals surface area contributed by atoms with E-state index in [2.05, 4.69) is 20.5 Å². The molecule has 3 N–H and O–H groups in total. The lowest BCUT2D eigenvalue weighted by Gasteiger charge is -2.29. The molecule has 0 saturated heterocycles. The van der Waals surface area contributed by atoms with E-state index in [1.54, 1.807) is 6.07 Å². The lowest BCUT2D eigenvalue weighted by molar-refractivity contribution is -0.123. The van der Waals surface area contributed by atoms with Crippen LogP contribution in [-0.2, 0) is 4.79 Å². The van der Waals surface area contributed by atoms with Gasteiger partial charge in [0.25, 0.3) is 0 Å². The Hall–Kier alpha value is -2.11. The van der Waals surface area contributed by atoms with Gasteiger partial charge in [-0.2, -0.15) is 5.10 Å². The molecule has 0 atom stereocenters. The molecule has 122 valence electrons. The molecule has 2 aliphatic carbocycles. The normalized spacial score (nSPS) is 24.7. The second-order valence-corrected chi connectivity index (χ2v) is 6.99. The van der Waals surface area contributed by atoms with E-state index in [1.807, 2.05) is 6.92 Å². The van der Waals surface area contributed by atoms with Gasteiger partial charge in [-0.3, -0.25) is 14.7 Å². The number of aromatic amines is 2. The van der Waals surface area contributed by atoms with Crippen molar-refractivity contribution in [3.8, 4) is 0 Å². The number of aromatic nitrogens is 3. The summed E-state index contributed by atoms with van der Waals surface area (Å²) in [5.74, 6) is 0.872. The Morgan fingerprint density at radius 1 is 1.22 bits per heavy atom. The summed E-state index contributed by atoms with van der Waals surface area (Å²) in [5.41, 5.74) is 2.65. The van der Waals surface area contributed by atoms with Crippen molar-refractivity contribution in [1.82, 2.24) is 20.5 Å². The van der Waals surface area contributed by atoms with Gasteiger partial charge in [0.15, 0.2) is 5.65 Å². The highest BCUT2D eigenvalue weighted by atomic mass is 16.2. The maximum Gasteiger partial charge on any atom is 0.249 e. The van der Waals surface area contributed by atoms with Crippen LogP contribution in [0.15, 0.2) is 10.9 Å². The summed E-state index contributed by atoms with van der Waals surface area (Å²) in [6.07, 6.45) is 6.05. The highest BCUT2D eigenvalue weighted by Gasteiger charge is 2.32. The van der Waals surface area contributed by atoms with Gasteiger partial charge in [0, 0.05) is 29.1 Å². The fourth-order valence-electron chi connectivity index (χ4n) is 3.77. The number of nitrogens with one attached hydrogen (secondary N) is 3. The zero-order chi connectivity index (χ0) is 16.0. The van der Waals surface area contributed by atoms with Crippen LogP contribution < -0.4 is 10.9 Å². The molecule has 23 heavy (non-hydrogen) atoms. The zero-order valence-corrected chi connectivity index (χ0v) is 13.3. The molecular weight excluding hydrogens is 292 g/mol. The van der Waals surface area contributed by atoms with Crippen molar-refractivity contribution in [3.63, 3.8) is 0 Å². The summed E-state index contributed by atoms with van der Waals surface area (Å²) < 4.78 is 0. The van der Waals surface area contributed by atoms with E-state index in [0.29, 0.717) is 17.6 Å². The van der Waals surface area contributed by atoms with Crippen LogP contribution in [0.3, 0.4) is 0 Å². The molecule has 2 fully saturated rings. The van der Waals surface area contributed by atoms with Crippen LogP contribution in [0.25, 0.3) is 11.0 Å². The summed E-state index contributed by atoms with van der Waals surface area (Å²) in [7, 11) is 0. The van der Waals surface area contributed by atoms with E-state index in [9.17, 15) is 9.59 Å². The van der Waals surface area contributed by atoms with Gasteiger partial charge in [-0.15, -0.1) is 0 Å². The highest BCUT2D eigenvalue weighted by molar-refractivity contribution is 5.82. The Morgan fingerprint density at radius 2 is 1.96 bits per heavy atom. The van der Waals surface area contributed by atoms with Gasteiger partial charge in [-0.05, 0) is 56.9 Å². The zero-order valence-electron chi connectivity index (χ0n) is 13.3. The molecule has 0 aromatic carbocycles. The number of amides is 1. The first-order valence-corrected chi connectivity index (χ1v) is 8.50. The largest absolute Gasteiger partial charge is 0.353 e. The number of hydrogen-bond donors (Lipinski definition) is 3. The first-order chi connectivity index (χ1) is 11.1. The van der Waals surface area contributed by atoms with Crippen molar-refractivity contribution in [2.45, 2.75) is 57.4 Å². The molecule has 2 aliphatic rings. The van der Waals surface area contributed by atoms with Crippen molar-refractivity contribution in [3.05, 3.63) is 27.7 Å². The van der Waals surface area contributed by atoms with Gasteiger partial charge in [0.2, 0.25) is 11.5 Å². The fraction of sp³-hybridized carbons (Fsp3) is 0.588. The Morgan fingerprint density at radius 3 is 2.65 bits per heavy atom. The molecule has 2 aromatic rings. The molecule has 1 amide bonds. The maximum absolute atomic E-state index is 11.9. The lowest BCUT2D eigenvalue weighted by atomic mass is 9.80. The number of pyridine rings is 1. The predicted molar refractivity (Wildman–Crippen MR) is 87.3 cm³/mol. The van der Waals surface area contributed by atoms with Crippen LogP contribution in [0.2, 0.25) is 0 Å². The number of fused-ring (bicyclic) bond motifs is 1. The Kier molecular flexibility index (Phi) is 3.47. The molecule has 2 saturated carbocycles. The van der Waals surface area contributed by atoms with E-state index in [0.717, 1.165) is 55.2 Å². The quantitative estimate of drug-likeness (QED) is 0.810. The van der Waals surface area contributed by atoms with Crippen LogP contribution in [0.4, 0.5) is 0 Å². The van der Waals surface area contributed by atoms with Crippen molar-refractivity contribution in [2.75, 3.05) is 0 Å². The number of carbonyl (C=O) groups excluding carboxylic acids is 1. The molecule has 4 rings (SSSR count). The van der Waals surface area contributed by atoms with Gasteiger partial charge in [0.1, 0.15) is 0 Å². The molecule has 0 unspecified atom stereocenters. The van der Waals surface area contributed by atoms with Crippen LogP contribution in [0.5, 0.6) is 0 Å². The smallest absolute Gasteiger partial charge is 0.249 e. The fourth-order valence-corrected chi connectivity index (χ4v) is 3.77. The third kappa shape index (κ3) is 2.78. The number of carbonyl (C=O) groups is 1. The van der Waals surface area contributed by atoms with Gasteiger partial charge in [-0.25, -0.2) is 0 Å². The SMILES string of the molecule is Cc1[nH]nc2[nH]c(=O)cc(C3CCC(NC(=O)C4CC4)CC3)c12. The first kappa shape index (κ1) is 14.5. The number of nitrogens with zero attached hydrogens (tertiary/aromatic N) is 1. The van der Waals surface area contributed by atoms with E-state index in [1.165, 1.54) is 0 Å². The number of hydrogen-bond acceptors (Lipinski definition) is 3. The monoisotopic (exact) mass is 314 g/mol. The third-order valence-electron chi connectivity index (χ3n) is 5.23. The summed E-state index contributed by atoms with van der Waals surface area (Å²) >= 11 is 0. The van der Waals surface area contributed by atoms with E-state index < -0.39 is 0 Å². The molecule has 2 heterocycles. The highest BCUT2D eigenvalue weighted by Crippen LogP contribution is 2.36. The maximum atomic E-state index is 11.9. The van der Waals surface area contributed by atoms with Crippen LogP contribution >= 0.6 is 0 Å². The van der Waals surface area contributed by atoms with Crippen molar-refractivity contribution in [1.29, 1.82) is 0 Å². The average molecular weight is 314 g/mol. The van der Waals surface area contributed by atoms with Crippen LogP contribution in [-0.4, -0.2) is 27.1 Å². The van der Waals surface area contributed by atoms with Gasteiger partial charge in [-0.1, -0.05) is 0 Å². The third-order valence-corrected chi connectivity index (χ3v) is 5.23. The second kappa shape index (κ2) is 5.51. The Balaban J connectivity index is 1.51. The van der Waals surface area contributed by atoms with Crippen LogP contribution in [0.1, 0.15) is 55.7 Å². The summed E-state index contributed by atoms with van der Waals surface area (Å²) in [4.78, 5) is 26.6. The first-order valence-electron chi connectivity index (χ1n) is 8.50. The molecule has 0 spiro atoms. The van der Waals surface area contributed by atoms with E-state index in [4.69, 9.17) is 0 Å². The minimum atomic E-state index is -0.0943. The summed E-state index contributed by atoms with van der Waals surface area (Å²) in [6, 6.07) is 2.01. The van der Waals surface area contributed by atoms with Crippen molar-refractivity contribution < 1.29 is 4.79 Å². The molecule has 2 aromatic heterocycles. The molecule has 0 bridgehead atoms. The Labute approximate surface area is 134 Å². The summed E-state index contributed by atoms with van der Waals surface area (Å²) in [6.45, 7) is 1.98. The minimum Gasteiger partial charge on any atom is -0.353 e. The van der Waals surface area contributed by atoms with Gasteiger partial charge in [0.05, 0.1) is 0 Å². The summed E-state index contributed by atoms with van der Waals surface area (Å²) in [5, 5.41) is 11.4. The lowest BCUT2D eigenvalue weighted by Crippen LogP contribution is -2.38. The average Bonchev–Trinajstić information content (AvgIpc) is 3.32. The standard InChI is InChI=1S/C17H22N4O2/c1-9-15-13(8-14(22)19-16(15)21-20-9)10-4-6-12(7-5-10)18-17(23)11-2-3-11/h8,10-12H,2-7H2,1H3,(H,18,23)(H2,19,20,21,22). The van der Waals surface area contributed by atoms with Gasteiger partial charge >= 0.3 is 0 Å². The molecule has 0 aliphatic heterocycles. The molecule has 6 heteroatoms. The minimum absolute atomic E-state index is 0.0943. The van der Waals surface area contributed by atoms with E-state index >= 15 is 0 Å². The topological polar surface area (TPSA) is 90.6 Å². The number of aryl methyl sites for hydroxylation is 1.